The number of aromatic nitrogens is 3. The molecule has 13 heteroatoms. The highest BCUT2D eigenvalue weighted by atomic mass is 32.1. The molecule has 38 heavy (non-hydrogen) atoms. The van der Waals surface area contributed by atoms with Crippen LogP contribution in [0.4, 0.5) is 5.69 Å². The molecule has 6 rings (SSSR count). The van der Waals surface area contributed by atoms with Crippen LogP contribution in [0, 0.1) is 5.41 Å². The number of H-pyrrole nitrogens is 1. The number of carboxylic acids is 1. The average Bonchev–Trinajstić information content (AvgIpc) is 3.65. The number of carbonyl (C=O) groups is 1. The number of ether oxygens (including phenoxy) is 3. The lowest BCUT2D eigenvalue weighted by Crippen LogP contribution is -2.18. The van der Waals surface area contributed by atoms with Gasteiger partial charge in [-0.2, -0.15) is 4.68 Å². The van der Waals surface area contributed by atoms with Crippen molar-refractivity contribution in [1.29, 1.82) is 5.41 Å². The van der Waals surface area contributed by atoms with Gasteiger partial charge < -0.3 is 30.0 Å². The molecule has 2 aliphatic rings. The number of nitrogens with one attached hydrogen (secondary N) is 4. The summed E-state index contributed by atoms with van der Waals surface area (Å²) in [6, 6.07) is 10.2. The number of carboxylic acid groups (broad SMARTS) is 1. The first-order chi connectivity index (χ1) is 18.4. The Morgan fingerprint density at radius 2 is 2.16 bits per heavy atom. The number of methoxy groups -OCH3 is 1. The van der Waals surface area contributed by atoms with Crippen LogP contribution in [-0.2, 0) is 17.9 Å². The van der Waals surface area contributed by atoms with Gasteiger partial charge in [-0.15, -0.1) is 16.4 Å². The predicted octanol–water partition coefficient (Wildman–Crippen LogP) is 2.83. The zero-order chi connectivity index (χ0) is 26.4. The molecule has 2 aliphatic heterocycles. The molecule has 4 aromatic rings. The maximum atomic E-state index is 13.0. The van der Waals surface area contributed by atoms with Crippen LogP contribution in [-0.4, -0.2) is 45.6 Å². The number of nitrogens with zero attached hydrogens (tertiary/aromatic N) is 2. The van der Waals surface area contributed by atoms with Gasteiger partial charge in [-0.1, -0.05) is 0 Å². The monoisotopic (exact) mass is 534 g/mol. The molecule has 2 aromatic heterocycles. The lowest BCUT2D eigenvalue weighted by Gasteiger charge is -2.24. The molecule has 194 valence electrons. The van der Waals surface area contributed by atoms with Crippen LogP contribution in [0.25, 0.3) is 5.69 Å². The van der Waals surface area contributed by atoms with E-state index in [0.29, 0.717) is 36.0 Å². The van der Waals surface area contributed by atoms with E-state index < -0.39 is 17.7 Å². The van der Waals surface area contributed by atoms with Gasteiger partial charge in [0, 0.05) is 23.4 Å². The van der Waals surface area contributed by atoms with E-state index in [2.05, 4.69) is 20.7 Å². The summed E-state index contributed by atoms with van der Waals surface area (Å²) in [5, 5.41) is 30.1. The van der Waals surface area contributed by atoms with Crippen molar-refractivity contribution in [2.75, 3.05) is 19.2 Å². The van der Waals surface area contributed by atoms with Gasteiger partial charge in [-0.05, 0) is 52.9 Å². The van der Waals surface area contributed by atoms with Crippen molar-refractivity contribution in [2.45, 2.75) is 19.2 Å². The number of benzene rings is 2. The van der Waals surface area contributed by atoms with Crippen molar-refractivity contribution in [3.05, 3.63) is 85.2 Å². The number of aromatic amines is 1. The Balaban J connectivity index is 1.47. The Hall–Kier alpha value is -4.62. The van der Waals surface area contributed by atoms with Crippen LogP contribution < -0.4 is 25.8 Å². The molecule has 4 heterocycles. The maximum absolute atomic E-state index is 13.0. The lowest BCUT2D eigenvalue weighted by molar-refractivity contribution is -0.0180. The normalized spacial score (nSPS) is 14.7. The van der Waals surface area contributed by atoms with Crippen LogP contribution in [0.3, 0.4) is 0 Å². The Morgan fingerprint density at radius 1 is 1.29 bits per heavy atom. The van der Waals surface area contributed by atoms with E-state index in [1.54, 1.807) is 24.6 Å². The van der Waals surface area contributed by atoms with Crippen LogP contribution >= 0.6 is 11.3 Å². The van der Waals surface area contributed by atoms with Gasteiger partial charge in [-0.25, -0.2) is 9.59 Å². The summed E-state index contributed by atoms with van der Waals surface area (Å²) < 4.78 is 17.8. The number of thiophene rings is 1. The summed E-state index contributed by atoms with van der Waals surface area (Å²) in [4.78, 5) is 27.5. The number of anilines is 1. The van der Waals surface area contributed by atoms with E-state index in [-0.39, 0.29) is 23.2 Å². The zero-order valence-corrected chi connectivity index (χ0v) is 20.8. The number of hydrogen-bond donors (Lipinski definition) is 5. The first-order valence-corrected chi connectivity index (χ1v) is 12.4. The maximum Gasteiger partial charge on any atom is 0.348 e. The molecule has 0 spiro atoms. The zero-order valence-electron chi connectivity index (χ0n) is 20.0. The number of amidine groups is 1. The first kappa shape index (κ1) is 23.8. The molecular weight excluding hydrogens is 512 g/mol. The van der Waals surface area contributed by atoms with Gasteiger partial charge in [0.15, 0.2) is 24.1 Å². The van der Waals surface area contributed by atoms with E-state index in [4.69, 9.17) is 19.6 Å². The van der Waals surface area contributed by atoms with Crippen molar-refractivity contribution < 1.29 is 24.1 Å². The number of rotatable bonds is 7. The van der Waals surface area contributed by atoms with E-state index in [1.807, 2.05) is 24.3 Å². The third kappa shape index (κ3) is 4.07. The molecule has 0 saturated heterocycles. The minimum atomic E-state index is -1.14. The number of fused-ring (bicyclic) bond motifs is 2. The summed E-state index contributed by atoms with van der Waals surface area (Å²) in [5.74, 6) is 0.593. The standard InChI is InChI=1S/C25H22N6O6S/c1-35-18-8-12(6-14-10-36-11-37-20(14)18)19(28-15-2-3-16-13(7-15)9-27-22(16)26)23-29-25(34)31(30-23)17-4-5-38-21(17)24(32)33/h2-8,19,28H,9-11H2,1H3,(H2,26,27)(H,32,33)(H,29,30,34)/t19-/m0/s1. The topological polar surface area (TPSA) is 164 Å². The molecule has 0 radical (unpaired) electrons. The summed E-state index contributed by atoms with van der Waals surface area (Å²) in [5.41, 5.74) is 3.63. The minimum Gasteiger partial charge on any atom is -0.493 e. The highest BCUT2D eigenvalue weighted by Gasteiger charge is 2.27. The second kappa shape index (κ2) is 9.36. The fourth-order valence-electron chi connectivity index (χ4n) is 4.62. The SMILES string of the molecule is COc1cc([C@H](Nc2ccc3c(c2)CNC3=N)c2nn(-c3ccsc3C(=O)O)c(=O)[nH]2)cc2c1OCOC2. The van der Waals surface area contributed by atoms with Crippen LogP contribution in [0.5, 0.6) is 11.5 Å². The lowest BCUT2D eigenvalue weighted by atomic mass is 10.0. The summed E-state index contributed by atoms with van der Waals surface area (Å²) in [6.45, 7) is 0.977. The quantitative estimate of drug-likeness (QED) is 0.240. The molecule has 5 N–H and O–H groups in total. The molecule has 0 aliphatic carbocycles. The highest BCUT2D eigenvalue weighted by Crippen LogP contribution is 2.39. The van der Waals surface area contributed by atoms with E-state index in [1.165, 1.54) is 0 Å². The van der Waals surface area contributed by atoms with Gasteiger partial charge in [-0.3, -0.25) is 10.4 Å². The second-order valence-electron chi connectivity index (χ2n) is 8.67. The second-order valence-corrected chi connectivity index (χ2v) is 9.58. The van der Waals surface area contributed by atoms with Crippen molar-refractivity contribution in [2.24, 2.45) is 0 Å². The molecule has 12 nitrogen and oxygen atoms in total. The van der Waals surface area contributed by atoms with Crippen molar-refractivity contribution >= 4 is 28.8 Å². The smallest absolute Gasteiger partial charge is 0.348 e. The van der Waals surface area contributed by atoms with Gasteiger partial charge >= 0.3 is 11.7 Å². The first-order valence-electron chi connectivity index (χ1n) is 11.6. The third-order valence-electron chi connectivity index (χ3n) is 6.37. The molecule has 1 atom stereocenters. The molecular formula is C25H22N6O6S. The molecule has 0 fully saturated rings. The molecule has 0 unspecified atom stereocenters. The third-order valence-corrected chi connectivity index (χ3v) is 7.26. The summed E-state index contributed by atoms with van der Waals surface area (Å²) >= 11 is 1.01. The Labute approximate surface area is 219 Å². The van der Waals surface area contributed by atoms with Gasteiger partial charge in [0.05, 0.1) is 19.4 Å². The van der Waals surface area contributed by atoms with Gasteiger partial charge in [0.2, 0.25) is 0 Å². The summed E-state index contributed by atoms with van der Waals surface area (Å²) in [6.07, 6.45) is 0. The fourth-order valence-corrected chi connectivity index (χ4v) is 5.33. The molecule has 0 saturated carbocycles. The van der Waals surface area contributed by atoms with Crippen molar-refractivity contribution in [1.82, 2.24) is 20.1 Å². The van der Waals surface area contributed by atoms with E-state index in [0.717, 1.165) is 38.4 Å². The average molecular weight is 535 g/mol. The van der Waals surface area contributed by atoms with Gasteiger partial charge in [0.25, 0.3) is 0 Å². The predicted molar refractivity (Wildman–Crippen MR) is 138 cm³/mol. The Bertz CT molecular complexity index is 1620. The van der Waals surface area contributed by atoms with Crippen molar-refractivity contribution in [3.8, 4) is 17.2 Å². The minimum absolute atomic E-state index is 0.00739. The van der Waals surface area contributed by atoms with Crippen LogP contribution in [0.1, 0.15) is 43.8 Å². The van der Waals surface area contributed by atoms with E-state index >= 15 is 0 Å². The highest BCUT2D eigenvalue weighted by molar-refractivity contribution is 7.12. The summed E-state index contributed by atoms with van der Waals surface area (Å²) in [7, 11) is 1.55. The largest absolute Gasteiger partial charge is 0.493 e. The Morgan fingerprint density at radius 3 is 2.97 bits per heavy atom. The number of aromatic carboxylic acids is 1. The number of hydrogen-bond acceptors (Lipinski definition) is 9. The van der Waals surface area contributed by atoms with Gasteiger partial charge in [0.1, 0.15) is 16.8 Å². The van der Waals surface area contributed by atoms with Crippen LogP contribution in [0.15, 0.2) is 46.6 Å². The molecule has 0 bridgehead atoms. The van der Waals surface area contributed by atoms with E-state index in [9.17, 15) is 14.7 Å². The van der Waals surface area contributed by atoms with Crippen molar-refractivity contribution in [3.63, 3.8) is 0 Å². The molecule has 0 amide bonds. The van der Waals surface area contributed by atoms with Crippen LogP contribution in [0.2, 0.25) is 0 Å². The Kier molecular flexibility index (Phi) is 5.85. The molecule has 2 aromatic carbocycles. The fraction of sp³-hybridized carbons (Fsp3) is 0.200.